The molecule has 1 aromatic heterocycles. The Balaban J connectivity index is 2.30. The molecule has 0 spiro atoms. The van der Waals surface area contributed by atoms with Gasteiger partial charge in [0.2, 0.25) is 10.0 Å². The van der Waals surface area contributed by atoms with Crippen LogP contribution in [-0.4, -0.2) is 54.2 Å². The summed E-state index contributed by atoms with van der Waals surface area (Å²) < 4.78 is 31.9. The highest BCUT2D eigenvalue weighted by Gasteiger charge is 2.39. The fraction of sp³-hybridized carbons (Fsp3) is 0.583. The van der Waals surface area contributed by atoms with Crippen molar-refractivity contribution < 1.29 is 18.3 Å². The second-order valence-electron chi connectivity index (χ2n) is 5.17. The van der Waals surface area contributed by atoms with Crippen LogP contribution in [0.4, 0.5) is 0 Å². The third kappa shape index (κ3) is 3.11. The Hall–Kier alpha value is -1.02. The SMILES string of the molecule is CC1(C)CN(S(=O)(=O)c2cccnc2)CC(CO)O1. The van der Waals surface area contributed by atoms with Crippen LogP contribution < -0.4 is 0 Å². The Morgan fingerprint density at radius 3 is 2.89 bits per heavy atom. The first kappa shape index (κ1) is 14.4. The highest BCUT2D eigenvalue weighted by Crippen LogP contribution is 2.25. The monoisotopic (exact) mass is 286 g/mol. The summed E-state index contributed by atoms with van der Waals surface area (Å²) in [6.45, 7) is 3.81. The summed E-state index contributed by atoms with van der Waals surface area (Å²) in [6.07, 6.45) is 2.35. The molecule has 1 fully saturated rings. The Bertz CT molecular complexity index is 530. The molecule has 1 saturated heterocycles. The molecule has 1 aliphatic rings. The molecule has 2 heterocycles. The zero-order valence-electron chi connectivity index (χ0n) is 11.0. The molecule has 0 saturated carbocycles. The first-order chi connectivity index (χ1) is 8.85. The van der Waals surface area contributed by atoms with Crippen molar-refractivity contribution in [1.82, 2.24) is 9.29 Å². The van der Waals surface area contributed by atoms with Gasteiger partial charge in [0, 0.05) is 25.5 Å². The number of aliphatic hydroxyl groups is 1. The summed E-state index contributed by atoms with van der Waals surface area (Å²) in [4.78, 5) is 3.99. The van der Waals surface area contributed by atoms with E-state index in [1.54, 1.807) is 19.9 Å². The highest BCUT2D eigenvalue weighted by molar-refractivity contribution is 7.89. The minimum absolute atomic E-state index is 0.150. The molecule has 0 aromatic carbocycles. The molecule has 1 aromatic rings. The van der Waals surface area contributed by atoms with Crippen molar-refractivity contribution in [1.29, 1.82) is 0 Å². The van der Waals surface area contributed by atoms with Crippen molar-refractivity contribution in [3.05, 3.63) is 24.5 Å². The van der Waals surface area contributed by atoms with Crippen LogP contribution in [-0.2, 0) is 14.8 Å². The molecule has 0 bridgehead atoms. The topological polar surface area (TPSA) is 79.7 Å². The molecule has 6 nitrogen and oxygen atoms in total. The maximum atomic E-state index is 12.5. The zero-order valence-corrected chi connectivity index (χ0v) is 11.8. The van der Waals surface area contributed by atoms with Gasteiger partial charge in [-0.15, -0.1) is 0 Å². The van der Waals surface area contributed by atoms with E-state index in [4.69, 9.17) is 4.74 Å². The largest absolute Gasteiger partial charge is 0.394 e. The third-order valence-corrected chi connectivity index (χ3v) is 4.72. The van der Waals surface area contributed by atoms with Crippen molar-refractivity contribution >= 4 is 10.0 Å². The van der Waals surface area contributed by atoms with Gasteiger partial charge in [-0.05, 0) is 26.0 Å². The highest BCUT2D eigenvalue weighted by atomic mass is 32.2. The minimum atomic E-state index is -3.60. The summed E-state index contributed by atoms with van der Waals surface area (Å²) in [5.74, 6) is 0. The zero-order chi connectivity index (χ0) is 14.1. The number of aromatic nitrogens is 1. The Morgan fingerprint density at radius 1 is 1.58 bits per heavy atom. The van der Waals surface area contributed by atoms with Crippen molar-refractivity contribution in [3.8, 4) is 0 Å². The number of aliphatic hydroxyl groups excluding tert-OH is 1. The lowest BCUT2D eigenvalue weighted by Crippen LogP contribution is -2.55. The van der Waals surface area contributed by atoms with Crippen LogP contribution in [0.1, 0.15) is 13.8 Å². The number of sulfonamides is 1. The van der Waals surface area contributed by atoms with Gasteiger partial charge in [0.15, 0.2) is 0 Å². The van der Waals surface area contributed by atoms with E-state index in [0.717, 1.165) is 0 Å². The Morgan fingerprint density at radius 2 is 2.32 bits per heavy atom. The second kappa shape index (κ2) is 5.16. The van der Waals surface area contributed by atoms with Gasteiger partial charge in [0.05, 0.1) is 18.3 Å². The molecule has 1 unspecified atom stereocenters. The lowest BCUT2D eigenvalue weighted by Gasteiger charge is -2.41. The van der Waals surface area contributed by atoms with Crippen LogP contribution in [0.5, 0.6) is 0 Å². The van der Waals surface area contributed by atoms with Crippen LogP contribution in [0.15, 0.2) is 29.4 Å². The molecular formula is C12H18N2O4S. The normalized spacial score (nSPS) is 24.3. The van der Waals surface area contributed by atoms with Gasteiger partial charge in [-0.2, -0.15) is 4.31 Å². The van der Waals surface area contributed by atoms with Gasteiger partial charge in [0.25, 0.3) is 0 Å². The predicted molar refractivity (Wildman–Crippen MR) is 69.0 cm³/mol. The van der Waals surface area contributed by atoms with Gasteiger partial charge >= 0.3 is 0 Å². The molecule has 0 aliphatic carbocycles. The average molecular weight is 286 g/mol. The fourth-order valence-corrected chi connectivity index (χ4v) is 3.76. The molecule has 1 N–H and O–H groups in total. The summed E-state index contributed by atoms with van der Waals surface area (Å²) >= 11 is 0. The van der Waals surface area contributed by atoms with Gasteiger partial charge in [0.1, 0.15) is 4.90 Å². The van der Waals surface area contributed by atoms with E-state index in [-0.39, 0.29) is 24.6 Å². The summed E-state index contributed by atoms with van der Waals surface area (Å²) in [5, 5.41) is 9.22. The molecule has 19 heavy (non-hydrogen) atoms. The van der Waals surface area contributed by atoms with Crippen molar-refractivity contribution in [2.45, 2.75) is 30.4 Å². The first-order valence-electron chi connectivity index (χ1n) is 6.04. The average Bonchev–Trinajstić information content (AvgIpc) is 2.37. The quantitative estimate of drug-likeness (QED) is 0.861. The molecule has 0 radical (unpaired) electrons. The second-order valence-corrected chi connectivity index (χ2v) is 7.11. The van der Waals surface area contributed by atoms with E-state index >= 15 is 0 Å². The standard InChI is InChI=1S/C12H18N2O4S/c1-12(2)9-14(7-10(8-15)18-12)19(16,17)11-4-3-5-13-6-11/h3-6,10,15H,7-9H2,1-2H3. The van der Waals surface area contributed by atoms with Crippen LogP contribution in [0.2, 0.25) is 0 Å². The molecule has 1 atom stereocenters. The molecule has 0 amide bonds. The fourth-order valence-electron chi connectivity index (χ4n) is 2.17. The van der Waals surface area contributed by atoms with Crippen molar-refractivity contribution in [2.24, 2.45) is 0 Å². The number of nitrogens with zero attached hydrogens (tertiary/aromatic N) is 2. The van der Waals surface area contributed by atoms with Gasteiger partial charge in [-0.1, -0.05) is 0 Å². The summed E-state index contributed by atoms with van der Waals surface area (Å²) in [5.41, 5.74) is -0.624. The van der Waals surface area contributed by atoms with E-state index in [0.29, 0.717) is 0 Å². The van der Waals surface area contributed by atoms with Crippen LogP contribution >= 0.6 is 0 Å². The third-order valence-electron chi connectivity index (χ3n) is 2.93. The van der Waals surface area contributed by atoms with Gasteiger partial charge in [-0.25, -0.2) is 8.42 Å². The Labute approximate surface area is 113 Å². The number of rotatable bonds is 3. The van der Waals surface area contributed by atoms with E-state index in [2.05, 4.69) is 4.98 Å². The number of hydrogen-bond donors (Lipinski definition) is 1. The van der Waals surface area contributed by atoms with E-state index in [1.807, 2.05) is 0 Å². The smallest absolute Gasteiger partial charge is 0.244 e. The maximum Gasteiger partial charge on any atom is 0.244 e. The van der Waals surface area contributed by atoms with Crippen LogP contribution in [0.25, 0.3) is 0 Å². The van der Waals surface area contributed by atoms with Crippen LogP contribution in [0.3, 0.4) is 0 Å². The lowest BCUT2D eigenvalue weighted by atomic mass is 10.1. The Kier molecular flexibility index (Phi) is 3.91. The maximum absolute atomic E-state index is 12.5. The predicted octanol–water partition coefficient (Wildman–Crippen LogP) is 0.242. The molecule has 106 valence electrons. The number of pyridine rings is 1. The van der Waals surface area contributed by atoms with Gasteiger partial charge < -0.3 is 9.84 Å². The number of hydrogen-bond acceptors (Lipinski definition) is 5. The molecule has 1 aliphatic heterocycles. The molecular weight excluding hydrogens is 268 g/mol. The van der Waals surface area contributed by atoms with Crippen molar-refractivity contribution in [2.75, 3.05) is 19.7 Å². The van der Waals surface area contributed by atoms with Gasteiger partial charge in [-0.3, -0.25) is 4.98 Å². The summed E-state index contributed by atoms with van der Waals surface area (Å²) in [7, 11) is -3.60. The number of ether oxygens (including phenoxy) is 1. The van der Waals surface area contributed by atoms with Crippen molar-refractivity contribution in [3.63, 3.8) is 0 Å². The number of morpholine rings is 1. The molecule has 2 rings (SSSR count). The van der Waals surface area contributed by atoms with E-state index in [9.17, 15) is 13.5 Å². The van der Waals surface area contributed by atoms with E-state index < -0.39 is 21.7 Å². The lowest BCUT2D eigenvalue weighted by molar-refractivity contribution is -0.131. The minimum Gasteiger partial charge on any atom is -0.394 e. The molecule has 7 heteroatoms. The summed E-state index contributed by atoms with van der Waals surface area (Å²) in [6, 6.07) is 3.10. The van der Waals surface area contributed by atoms with Crippen LogP contribution in [0, 0.1) is 0 Å². The van der Waals surface area contributed by atoms with E-state index in [1.165, 1.54) is 22.8 Å². The first-order valence-corrected chi connectivity index (χ1v) is 7.48.